The van der Waals surface area contributed by atoms with Crippen molar-refractivity contribution in [2.75, 3.05) is 7.05 Å². The van der Waals surface area contributed by atoms with Gasteiger partial charge in [-0.3, -0.25) is 9.59 Å². The highest BCUT2D eigenvalue weighted by atomic mass is 16.7. The summed E-state index contributed by atoms with van der Waals surface area (Å²) in [4.78, 5) is 25.8. The van der Waals surface area contributed by atoms with Crippen molar-refractivity contribution >= 4 is 11.8 Å². The van der Waals surface area contributed by atoms with Gasteiger partial charge in [0.05, 0.1) is 6.04 Å². The van der Waals surface area contributed by atoms with Crippen molar-refractivity contribution in [1.82, 2.24) is 4.90 Å². The van der Waals surface area contributed by atoms with Crippen LogP contribution in [0.1, 0.15) is 11.1 Å². The zero-order valence-corrected chi connectivity index (χ0v) is 16.1. The molecule has 1 aliphatic rings. The third-order valence-electron chi connectivity index (χ3n) is 4.80. The lowest BCUT2D eigenvalue weighted by Crippen LogP contribution is -2.51. The lowest BCUT2D eigenvalue weighted by atomic mass is 9.99. The number of primary amides is 1. The molecule has 2 aromatic carbocycles. The van der Waals surface area contributed by atoms with Gasteiger partial charge in [0.15, 0.2) is 6.10 Å². The number of ether oxygens (including phenoxy) is 2. The molecule has 7 heteroatoms. The van der Waals surface area contributed by atoms with Crippen LogP contribution in [0.3, 0.4) is 0 Å². The van der Waals surface area contributed by atoms with Crippen molar-refractivity contribution in [3.63, 3.8) is 0 Å². The summed E-state index contributed by atoms with van der Waals surface area (Å²) in [6.07, 6.45) is -0.127. The molecule has 1 heterocycles. The molecule has 3 unspecified atom stereocenters. The Morgan fingerprint density at radius 1 is 1.07 bits per heavy atom. The molecule has 0 aliphatic carbocycles. The van der Waals surface area contributed by atoms with Crippen molar-refractivity contribution in [2.45, 2.75) is 31.3 Å². The fourth-order valence-electron chi connectivity index (χ4n) is 3.16. The van der Waals surface area contributed by atoms with Gasteiger partial charge in [0.25, 0.3) is 5.91 Å². The van der Waals surface area contributed by atoms with Gasteiger partial charge in [-0.1, -0.05) is 60.7 Å². The van der Waals surface area contributed by atoms with Crippen molar-refractivity contribution in [2.24, 2.45) is 5.73 Å². The molecular formula is C22H24N2O5. The normalized spacial score (nSPS) is 17.4. The van der Waals surface area contributed by atoms with Crippen molar-refractivity contribution in [1.29, 1.82) is 0 Å². The van der Waals surface area contributed by atoms with Crippen LogP contribution in [-0.2, 0) is 31.9 Å². The minimum Gasteiger partial charge on any atom is -0.458 e. The Kier molecular flexibility index (Phi) is 6.51. The number of aliphatic hydroxyl groups is 1. The molecule has 3 atom stereocenters. The number of carbonyl (C=O) groups is 2. The second-order valence-electron chi connectivity index (χ2n) is 6.88. The first-order chi connectivity index (χ1) is 14.0. The second-order valence-corrected chi connectivity index (χ2v) is 6.88. The molecule has 7 nitrogen and oxygen atoms in total. The Labute approximate surface area is 169 Å². The molecule has 1 aliphatic heterocycles. The van der Waals surface area contributed by atoms with Gasteiger partial charge in [-0.15, -0.1) is 0 Å². The van der Waals surface area contributed by atoms with E-state index in [1.165, 1.54) is 18.2 Å². The Hall–Kier alpha value is -3.32. The molecule has 0 radical (unpaired) electrons. The molecule has 0 saturated heterocycles. The first-order valence-electron chi connectivity index (χ1n) is 9.30. The van der Waals surface area contributed by atoms with Crippen molar-refractivity contribution in [3.05, 3.63) is 83.8 Å². The maximum absolute atomic E-state index is 12.9. The largest absolute Gasteiger partial charge is 0.458 e. The van der Waals surface area contributed by atoms with Gasteiger partial charge in [0, 0.05) is 13.5 Å². The van der Waals surface area contributed by atoms with E-state index in [2.05, 4.69) is 0 Å². The summed E-state index contributed by atoms with van der Waals surface area (Å²) in [6.45, 7) is 0. The average Bonchev–Trinajstić information content (AvgIpc) is 3.20. The van der Waals surface area contributed by atoms with Crippen LogP contribution in [0.4, 0.5) is 0 Å². The van der Waals surface area contributed by atoms with Gasteiger partial charge in [-0.2, -0.15) is 0 Å². The standard InChI is InChI=1S/C22H24N2O5/c1-24(17(20(25)21(23)26)12-15-8-4-2-5-9-15)22(27)18-14-28-19(29-18)13-16-10-6-3-7-11-16/h2-11,14,17,19-20,25H,12-13H2,1H3,(H2,23,26). The van der Waals surface area contributed by atoms with Gasteiger partial charge < -0.3 is 25.2 Å². The molecule has 0 fully saturated rings. The summed E-state index contributed by atoms with van der Waals surface area (Å²) in [6, 6.07) is 18.0. The SMILES string of the molecule is CN(C(=O)C1=COC(Cc2ccccc2)O1)C(Cc1ccccc1)C(O)C(N)=O. The summed E-state index contributed by atoms with van der Waals surface area (Å²) in [7, 11) is 1.50. The van der Waals surface area contributed by atoms with Crippen LogP contribution in [0.25, 0.3) is 0 Å². The van der Waals surface area contributed by atoms with Gasteiger partial charge in [0.2, 0.25) is 18.0 Å². The van der Waals surface area contributed by atoms with E-state index in [9.17, 15) is 14.7 Å². The van der Waals surface area contributed by atoms with Gasteiger partial charge in [-0.05, 0) is 17.5 Å². The second kappa shape index (κ2) is 9.25. The Morgan fingerprint density at radius 3 is 2.24 bits per heavy atom. The van der Waals surface area contributed by atoms with E-state index in [1.54, 1.807) is 0 Å². The summed E-state index contributed by atoms with van der Waals surface area (Å²) in [5.41, 5.74) is 7.16. The van der Waals surface area contributed by atoms with E-state index < -0.39 is 30.3 Å². The summed E-state index contributed by atoms with van der Waals surface area (Å²) in [5.74, 6) is -1.38. The minimum atomic E-state index is -1.52. The Bertz CT molecular complexity index is 869. The van der Waals surface area contributed by atoms with Crippen LogP contribution in [0, 0.1) is 0 Å². The first kappa shape index (κ1) is 20.4. The first-order valence-corrected chi connectivity index (χ1v) is 9.30. The maximum atomic E-state index is 12.9. The predicted molar refractivity (Wildman–Crippen MR) is 106 cm³/mol. The summed E-state index contributed by atoms with van der Waals surface area (Å²) < 4.78 is 11.1. The molecule has 0 aromatic heterocycles. The molecule has 2 amide bonds. The number of rotatable bonds is 8. The number of aliphatic hydroxyl groups excluding tert-OH is 1. The average molecular weight is 396 g/mol. The number of carbonyl (C=O) groups excluding carboxylic acids is 2. The van der Waals surface area contributed by atoms with E-state index in [0.29, 0.717) is 6.42 Å². The Morgan fingerprint density at radius 2 is 1.66 bits per heavy atom. The number of hydrogen-bond donors (Lipinski definition) is 2. The molecule has 0 saturated carbocycles. The van der Waals surface area contributed by atoms with E-state index in [1.807, 2.05) is 60.7 Å². The molecule has 29 heavy (non-hydrogen) atoms. The number of amides is 2. The van der Waals surface area contributed by atoms with Crippen molar-refractivity contribution in [3.8, 4) is 0 Å². The number of hydrogen-bond acceptors (Lipinski definition) is 5. The highest BCUT2D eigenvalue weighted by Gasteiger charge is 2.35. The summed E-state index contributed by atoms with van der Waals surface area (Å²) in [5, 5.41) is 10.3. The predicted octanol–water partition coefficient (Wildman–Crippen LogP) is 1.36. The van der Waals surface area contributed by atoms with E-state index in [4.69, 9.17) is 15.2 Å². The molecule has 2 aromatic rings. The summed E-state index contributed by atoms with van der Waals surface area (Å²) >= 11 is 0. The third kappa shape index (κ3) is 5.14. The monoisotopic (exact) mass is 396 g/mol. The van der Waals surface area contributed by atoms with Gasteiger partial charge >= 0.3 is 0 Å². The van der Waals surface area contributed by atoms with Gasteiger partial charge in [-0.25, -0.2) is 0 Å². The lowest BCUT2D eigenvalue weighted by Gasteiger charge is -2.30. The lowest BCUT2D eigenvalue weighted by molar-refractivity contribution is -0.139. The van der Waals surface area contributed by atoms with Crippen LogP contribution in [0.2, 0.25) is 0 Å². The highest BCUT2D eigenvalue weighted by molar-refractivity contribution is 5.92. The molecular weight excluding hydrogens is 372 g/mol. The topological polar surface area (TPSA) is 102 Å². The highest BCUT2D eigenvalue weighted by Crippen LogP contribution is 2.22. The number of benzene rings is 2. The molecule has 0 spiro atoms. The zero-order chi connectivity index (χ0) is 20.8. The van der Waals surface area contributed by atoms with Gasteiger partial charge in [0.1, 0.15) is 6.26 Å². The fourth-order valence-corrected chi connectivity index (χ4v) is 3.16. The molecule has 3 N–H and O–H groups in total. The van der Waals surface area contributed by atoms with Crippen LogP contribution < -0.4 is 5.73 Å². The quantitative estimate of drug-likeness (QED) is 0.702. The zero-order valence-electron chi connectivity index (χ0n) is 16.1. The van der Waals surface area contributed by atoms with Crippen LogP contribution in [0.15, 0.2) is 72.7 Å². The maximum Gasteiger partial charge on any atom is 0.292 e. The van der Waals surface area contributed by atoms with Crippen molar-refractivity contribution < 1.29 is 24.2 Å². The van der Waals surface area contributed by atoms with Crippen LogP contribution >= 0.6 is 0 Å². The van der Waals surface area contributed by atoms with E-state index >= 15 is 0 Å². The number of nitrogens with two attached hydrogens (primary N) is 1. The molecule has 3 rings (SSSR count). The van der Waals surface area contributed by atoms with Crippen LogP contribution in [-0.4, -0.2) is 47.3 Å². The molecule has 152 valence electrons. The number of likely N-dealkylation sites (N-methyl/N-ethyl adjacent to an activating group) is 1. The fraction of sp³-hybridized carbons (Fsp3) is 0.273. The minimum absolute atomic E-state index is 0.0168. The third-order valence-corrected chi connectivity index (χ3v) is 4.80. The smallest absolute Gasteiger partial charge is 0.292 e. The van der Waals surface area contributed by atoms with E-state index in [-0.39, 0.29) is 12.2 Å². The van der Waals surface area contributed by atoms with E-state index in [0.717, 1.165) is 11.1 Å². The number of nitrogens with zero attached hydrogens (tertiary/aromatic N) is 1. The molecule has 0 bridgehead atoms. The Balaban J connectivity index is 1.68. The van der Waals surface area contributed by atoms with Crippen LogP contribution in [0.5, 0.6) is 0 Å².